The number of aryl methyl sites for hydroxylation is 1. The first kappa shape index (κ1) is 16.3. The molecule has 2 amide bonds. The van der Waals surface area contributed by atoms with Crippen LogP contribution in [0, 0.1) is 0 Å². The smallest absolute Gasteiger partial charge is 0.322 e. The Hall–Kier alpha value is -2.06. The summed E-state index contributed by atoms with van der Waals surface area (Å²) in [6.45, 7) is 0.370. The summed E-state index contributed by atoms with van der Waals surface area (Å²) >= 11 is 7.23. The number of hydrogen-bond donors (Lipinski definition) is 1. The van der Waals surface area contributed by atoms with Gasteiger partial charge in [-0.3, -0.25) is 9.36 Å². The molecule has 2 rings (SSSR count). The van der Waals surface area contributed by atoms with Gasteiger partial charge in [0.25, 0.3) is 5.56 Å². The highest BCUT2D eigenvalue weighted by molar-refractivity contribution is 7.16. The molecular formula is C13H15ClN4O3S. The van der Waals surface area contributed by atoms with Gasteiger partial charge in [0.1, 0.15) is 5.69 Å². The largest absolute Gasteiger partial charge is 0.330 e. The number of halogens is 1. The van der Waals surface area contributed by atoms with Gasteiger partial charge in [0.2, 0.25) is 0 Å². The molecule has 0 saturated heterocycles. The molecule has 0 fully saturated rings. The van der Waals surface area contributed by atoms with Crippen LogP contribution in [0.2, 0.25) is 4.34 Å². The van der Waals surface area contributed by atoms with Crippen molar-refractivity contribution in [2.24, 2.45) is 14.1 Å². The molecule has 0 unspecified atom stereocenters. The lowest BCUT2D eigenvalue weighted by Gasteiger charge is -2.17. The lowest BCUT2D eigenvalue weighted by molar-refractivity contribution is 0.221. The SMILES string of the molecule is CN(Cc1ccc(Cl)s1)C(=O)Nc1cn(C)c(=O)n(C)c1=O. The van der Waals surface area contributed by atoms with Crippen molar-refractivity contribution >= 4 is 34.7 Å². The highest BCUT2D eigenvalue weighted by atomic mass is 35.5. The lowest BCUT2D eigenvalue weighted by Crippen LogP contribution is -2.40. The molecule has 1 N–H and O–H groups in total. The Morgan fingerprint density at radius 1 is 1.36 bits per heavy atom. The van der Waals surface area contributed by atoms with Crippen molar-refractivity contribution in [1.82, 2.24) is 14.0 Å². The van der Waals surface area contributed by atoms with Crippen LogP contribution in [-0.4, -0.2) is 27.1 Å². The number of urea groups is 1. The summed E-state index contributed by atoms with van der Waals surface area (Å²) < 4.78 is 2.82. The predicted octanol–water partition coefficient (Wildman–Crippen LogP) is 1.46. The number of nitrogens with zero attached hydrogens (tertiary/aromatic N) is 3. The third-order valence-electron chi connectivity index (χ3n) is 3.06. The van der Waals surface area contributed by atoms with E-state index in [4.69, 9.17) is 11.6 Å². The van der Waals surface area contributed by atoms with Crippen LogP contribution in [0.15, 0.2) is 27.9 Å². The Kier molecular flexibility index (Phi) is 4.72. The van der Waals surface area contributed by atoms with E-state index >= 15 is 0 Å². The second kappa shape index (κ2) is 6.37. The maximum Gasteiger partial charge on any atom is 0.330 e. The Morgan fingerprint density at radius 2 is 2.05 bits per heavy atom. The number of amides is 2. The molecule has 0 atom stereocenters. The van der Waals surface area contributed by atoms with Crippen molar-refractivity contribution in [1.29, 1.82) is 0 Å². The molecule has 0 aliphatic carbocycles. The normalized spacial score (nSPS) is 10.5. The molecule has 118 valence electrons. The van der Waals surface area contributed by atoms with Crippen LogP contribution < -0.4 is 16.6 Å². The number of hydrogen-bond acceptors (Lipinski definition) is 4. The maximum atomic E-state index is 12.1. The summed E-state index contributed by atoms with van der Waals surface area (Å²) in [5.41, 5.74) is -0.959. The van der Waals surface area contributed by atoms with Gasteiger partial charge in [0.05, 0.1) is 10.9 Å². The van der Waals surface area contributed by atoms with Gasteiger partial charge in [0, 0.05) is 32.2 Å². The number of nitrogens with one attached hydrogen (secondary N) is 1. The van der Waals surface area contributed by atoms with Crippen LogP contribution in [0.1, 0.15) is 4.88 Å². The molecule has 2 aromatic heterocycles. The average Bonchev–Trinajstić information content (AvgIpc) is 2.87. The molecule has 0 aromatic carbocycles. The molecular weight excluding hydrogens is 328 g/mol. The molecule has 2 heterocycles. The van der Waals surface area contributed by atoms with Gasteiger partial charge in [-0.25, -0.2) is 9.59 Å². The summed E-state index contributed by atoms with van der Waals surface area (Å²) in [5, 5.41) is 2.51. The minimum absolute atomic E-state index is 0.0469. The van der Waals surface area contributed by atoms with E-state index in [1.807, 2.05) is 6.07 Å². The van der Waals surface area contributed by atoms with Gasteiger partial charge in [-0.15, -0.1) is 11.3 Å². The zero-order chi connectivity index (χ0) is 16.4. The van der Waals surface area contributed by atoms with Gasteiger partial charge in [-0.2, -0.15) is 0 Å². The van der Waals surface area contributed by atoms with Gasteiger partial charge < -0.3 is 14.8 Å². The van der Waals surface area contributed by atoms with Gasteiger partial charge in [-0.1, -0.05) is 11.6 Å². The zero-order valence-electron chi connectivity index (χ0n) is 12.3. The van der Waals surface area contributed by atoms with E-state index in [-0.39, 0.29) is 5.69 Å². The van der Waals surface area contributed by atoms with Gasteiger partial charge in [-0.05, 0) is 12.1 Å². The molecule has 7 nitrogen and oxygen atoms in total. The summed E-state index contributed by atoms with van der Waals surface area (Å²) in [4.78, 5) is 38.0. The number of aromatic nitrogens is 2. The third kappa shape index (κ3) is 3.40. The Labute approximate surface area is 135 Å². The highest BCUT2D eigenvalue weighted by Gasteiger charge is 2.14. The Balaban J connectivity index is 2.15. The van der Waals surface area contributed by atoms with Crippen molar-refractivity contribution in [3.05, 3.63) is 48.4 Å². The molecule has 0 aliphatic heterocycles. The van der Waals surface area contributed by atoms with Crippen LogP contribution in [-0.2, 0) is 20.6 Å². The Morgan fingerprint density at radius 3 is 2.64 bits per heavy atom. The zero-order valence-corrected chi connectivity index (χ0v) is 13.9. The van der Waals surface area contributed by atoms with Crippen molar-refractivity contribution in [2.45, 2.75) is 6.54 Å². The van der Waals surface area contributed by atoms with Crippen molar-refractivity contribution in [3.63, 3.8) is 0 Å². The van der Waals surface area contributed by atoms with E-state index in [1.165, 1.54) is 41.1 Å². The fourth-order valence-corrected chi connectivity index (χ4v) is 2.99. The van der Waals surface area contributed by atoms with E-state index in [0.717, 1.165) is 9.44 Å². The fraction of sp³-hybridized carbons (Fsp3) is 0.308. The van der Waals surface area contributed by atoms with Crippen molar-refractivity contribution in [3.8, 4) is 0 Å². The number of anilines is 1. The highest BCUT2D eigenvalue weighted by Crippen LogP contribution is 2.22. The van der Waals surface area contributed by atoms with Crippen molar-refractivity contribution < 1.29 is 4.79 Å². The average molecular weight is 343 g/mol. The fourth-order valence-electron chi connectivity index (χ4n) is 1.85. The van der Waals surface area contributed by atoms with E-state index in [0.29, 0.717) is 10.9 Å². The standard InChI is InChI=1S/C13H15ClN4O3S/c1-16(6-8-4-5-10(14)22-8)12(20)15-9-7-17(2)13(21)18(3)11(9)19/h4-5,7H,6H2,1-3H3,(H,15,20). The maximum absolute atomic E-state index is 12.1. The summed E-state index contributed by atoms with van der Waals surface area (Å²) in [6.07, 6.45) is 1.30. The van der Waals surface area contributed by atoms with E-state index in [9.17, 15) is 14.4 Å². The number of rotatable bonds is 3. The van der Waals surface area contributed by atoms with Crippen molar-refractivity contribution in [2.75, 3.05) is 12.4 Å². The van der Waals surface area contributed by atoms with Gasteiger partial charge in [0.15, 0.2) is 0 Å². The van der Waals surface area contributed by atoms with Gasteiger partial charge >= 0.3 is 11.7 Å². The third-order valence-corrected chi connectivity index (χ3v) is 4.27. The number of carbonyl (C=O) groups is 1. The summed E-state index contributed by atoms with van der Waals surface area (Å²) in [6, 6.07) is 3.15. The molecule has 0 radical (unpaired) electrons. The topological polar surface area (TPSA) is 76.3 Å². The lowest BCUT2D eigenvalue weighted by atomic mass is 10.4. The number of carbonyl (C=O) groups excluding carboxylic acids is 1. The number of thiophene rings is 1. The molecule has 0 saturated carbocycles. The van der Waals surface area contributed by atoms with Crippen LogP contribution in [0.4, 0.5) is 10.5 Å². The van der Waals surface area contributed by atoms with E-state index in [2.05, 4.69) is 5.32 Å². The van der Waals surface area contributed by atoms with Crippen LogP contribution in [0.3, 0.4) is 0 Å². The first-order valence-corrected chi connectivity index (χ1v) is 7.52. The summed E-state index contributed by atoms with van der Waals surface area (Å²) in [5.74, 6) is 0. The minimum atomic E-state index is -0.552. The first-order chi connectivity index (χ1) is 10.3. The monoisotopic (exact) mass is 342 g/mol. The Bertz CT molecular complexity index is 823. The quantitative estimate of drug-likeness (QED) is 0.917. The predicted molar refractivity (Wildman–Crippen MR) is 86.7 cm³/mol. The molecule has 9 heteroatoms. The van der Waals surface area contributed by atoms with Crippen LogP contribution in [0.25, 0.3) is 0 Å². The van der Waals surface area contributed by atoms with E-state index < -0.39 is 17.3 Å². The second-order valence-corrected chi connectivity index (χ2v) is 6.59. The molecule has 0 spiro atoms. The molecule has 22 heavy (non-hydrogen) atoms. The summed E-state index contributed by atoms with van der Waals surface area (Å²) in [7, 11) is 4.47. The molecule has 0 aliphatic rings. The molecule has 2 aromatic rings. The minimum Gasteiger partial charge on any atom is -0.322 e. The molecule has 0 bridgehead atoms. The van der Waals surface area contributed by atoms with Crippen LogP contribution in [0.5, 0.6) is 0 Å². The van der Waals surface area contributed by atoms with Crippen LogP contribution >= 0.6 is 22.9 Å². The first-order valence-electron chi connectivity index (χ1n) is 6.32. The van der Waals surface area contributed by atoms with E-state index in [1.54, 1.807) is 13.1 Å². The second-order valence-electron chi connectivity index (χ2n) is 4.79.